The molecule has 100 valence electrons. The van der Waals surface area contributed by atoms with Gasteiger partial charge in [0.1, 0.15) is 0 Å². The maximum absolute atomic E-state index is 12.5. The number of carbonyl (C=O) groups is 1. The van der Waals surface area contributed by atoms with Crippen molar-refractivity contribution in [2.24, 2.45) is 5.84 Å². The van der Waals surface area contributed by atoms with Crippen molar-refractivity contribution in [1.82, 2.24) is 15.6 Å². The number of nitrogens with one attached hydrogen (secondary N) is 1. The van der Waals surface area contributed by atoms with Gasteiger partial charge in [-0.2, -0.15) is 18.2 Å². The highest BCUT2D eigenvalue weighted by molar-refractivity contribution is 5.89. The Labute approximate surface area is 104 Å². The molecule has 3 N–H and O–H groups in total. The van der Waals surface area contributed by atoms with Crippen molar-refractivity contribution < 1.29 is 22.5 Å². The normalized spacial score (nSPS) is 11.4. The zero-order valence-electron chi connectivity index (χ0n) is 9.23. The predicted octanol–water partition coefficient (Wildman–Crippen LogP) is 1.36. The fourth-order valence-corrected chi connectivity index (χ4v) is 1.33. The molecule has 0 aliphatic carbocycles. The highest BCUT2D eigenvalue weighted by atomic mass is 19.4. The maximum Gasteiger partial charge on any atom is 0.416 e. The number of rotatable bonds is 2. The molecule has 1 aromatic carbocycles. The summed E-state index contributed by atoms with van der Waals surface area (Å²) in [4.78, 5) is 14.7. The van der Waals surface area contributed by atoms with E-state index in [1.54, 1.807) is 5.43 Å². The lowest BCUT2D eigenvalue weighted by Gasteiger charge is -2.06. The van der Waals surface area contributed by atoms with Crippen LogP contribution in [0.1, 0.15) is 16.2 Å². The summed E-state index contributed by atoms with van der Waals surface area (Å²) >= 11 is 0. The standard InChI is InChI=1S/C10H7F3N4O2/c11-10(12,13)6-3-1-2-5(4-6)7-15-9(19-17-7)8(18)16-14/h1-4H,14H2,(H,16,18). The van der Waals surface area contributed by atoms with Crippen LogP contribution in [0.5, 0.6) is 0 Å². The Kier molecular flexibility index (Phi) is 3.21. The second kappa shape index (κ2) is 4.69. The van der Waals surface area contributed by atoms with E-state index in [1.165, 1.54) is 12.1 Å². The van der Waals surface area contributed by atoms with Gasteiger partial charge in [0.2, 0.25) is 5.82 Å². The Morgan fingerprint density at radius 1 is 1.37 bits per heavy atom. The fraction of sp³-hybridized carbons (Fsp3) is 0.100. The maximum atomic E-state index is 12.5. The molecule has 1 aromatic heterocycles. The molecule has 0 fully saturated rings. The first-order chi connectivity index (χ1) is 8.91. The quantitative estimate of drug-likeness (QED) is 0.489. The zero-order chi connectivity index (χ0) is 14.0. The smallest absolute Gasteiger partial charge is 0.328 e. The van der Waals surface area contributed by atoms with Crippen LogP contribution in [0.25, 0.3) is 11.4 Å². The number of hydrogen-bond donors (Lipinski definition) is 2. The molecule has 2 rings (SSSR count). The van der Waals surface area contributed by atoms with Crippen LogP contribution in [0.15, 0.2) is 28.8 Å². The number of hydrogen-bond acceptors (Lipinski definition) is 5. The summed E-state index contributed by atoms with van der Waals surface area (Å²) in [6, 6.07) is 4.34. The third kappa shape index (κ3) is 2.71. The van der Waals surface area contributed by atoms with Gasteiger partial charge in [0, 0.05) is 5.56 Å². The molecule has 0 spiro atoms. The Morgan fingerprint density at radius 3 is 2.74 bits per heavy atom. The van der Waals surface area contributed by atoms with Gasteiger partial charge in [0.05, 0.1) is 5.56 Å². The van der Waals surface area contributed by atoms with E-state index >= 15 is 0 Å². The Hall–Kier alpha value is -2.42. The minimum Gasteiger partial charge on any atom is -0.328 e. The van der Waals surface area contributed by atoms with Crippen LogP contribution in [0, 0.1) is 0 Å². The molecule has 19 heavy (non-hydrogen) atoms. The van der Waals surface area contributed by atoms with Crippen LogP contribution in [-0.4, -0.2) is 16.0 Å². The van der Waals surface area contributed by atoms with Crippen LogP contribution in [0.2, 0.25) is 0 Å². The van der Waals surface area contributed by atoms with E-state index in [-0.39, 0.29) is 11.4 Å². The average molecular weight is 272 g/mol. The first-order valence-electron chi connectivity index (χ1n) is 4.94. The molecule has 1 heterocycles. The molecule has 0 atom stereocenters. The molecule has 2 aromatic rings. The lowest BCUT2D eigenvalue weighted by atomic mass is 10.1. The number of aromatic nitrogens is 2. The van der Waals surface area contributed by atoms with Gasteiger partial charge in [0.15, 0.2) is 0 Å². The average Bonchev–Trinajstić information content (AvgIpc) is 2.86. The molecule has 0 saturated carbocycles. The summed E-state index contributed by atoms with van der Waals surface area (Å²) in [5.41, 5.74) is 0.997. The summed E-state index contributed by atoms with van der Waals surface area (Å²) in [7, 11) is 0. The van der Waals surface area contributed by atoms with E-state index in [4.69, 9.17) is 5.84 Å². The van der Waals surface area contributed by atoms with Crippen molar-refractivity contribution in [2.75, 3.05) is 0 Å². The molecule has 1 amide bonds. The molecular weight excluding hydrogens is 265 g/mol. The monoisotopic (exact) mass is 272 g/mol. The van der Waals surface area contributed by atoms with Crippen molar-refractivity contribution in [3.63, 3.8) is 0 Å². The highest BCUT2D eigenvalue weighted by Crippen LogP contribution is 2.31. The van der Waals surface area contributed by atoms with E-state index in [2.05, 4.69) is 14.7 Å². The number of halogens is 3. The zero-order valence-corrected chi connectivity index (χ0v) is 9.23. The number of benzene rings is 1. The number of alkyl halides is 3. The molecule has 0 bridgehead atoms. The van der Waals surface area contributed by atoms with Crippen LogP contribution < -0.4 is 11.3 Å². The minimum atomic E-state index is -4.47. The van der Waals surface area contributed by atoms with Crippen LogP contribution >= 0.6 is 0 Å². The van der Waals surface area contributed by atoms with Gasteiger partial charge in [-0.15, -0.1) is 0 Å². The Morgan fingerprint density at radius 2 is 2.11 bits per heavy atom. The molecule has 0 unspecified atom stereocenters. The Bertz CT molecular complexity index is 609. The van der Waals surface area contributed by atoms with E-state index < -0.39 is 23.5 Å². The predicted molar refractivity (Wildman–Crippen MR) is 56.4 cm³/mol. The van der Waals surface area contributed by atoms with Gasteiger partial charge in [-0.05, 0) is 12.1 Å². The van der Waals surface area contributed by atoms with Crippen molar-refractivity contribution in [3.05, 3.63) is 35.7 Å². The first kappa shape index (κ1) is 13.0. The fourth-order valence-electron chi connectivity index (χ4n) is 1.33. The van der Waals surface area contributed by atoms with Crippen LogP contribution in [-0.2, 0) is 6.18 Å². The van der Waals surface area contributed by atoms with Crippen molar-refractivity contribution in [2.45, 2.75) is 6.18 Å². The van der Waals surface area contributed by atoms with Gasteiger partial charge in [-0.1, -0.05) is 17.3 Å². The van der Waals surface area contributed by atoms with Crippen LogP contribution in [0.4, 0.5) is 13.2 Å². The third-order valence-electron chi connectivity index (χ3n) is 2.20. The number of nitrogens with two attached hydrogens (primary N) is 1. The SMILES string of the molecule is NNC(=O)c1nc(-c2cccc(C(F)(F)F)c2)no1. The third-order valence-corrected chi connectivity index (χ3v) is 2.20. The molecule has 0 radical (unpaired) electrons. The lowest BCUT2D eigenvalue weighted by molar-refractivity contribution is -0.137. The Balaban J connectivity index is 2.37. The van der Waals surface area contributed by atoms with E-state index in [0.29, 0.717) is 0 Å². The first-order valence-corrected chi connectivity index (χ1v) is 4.94. The molecule has 0 aliphatic rings. The molecule has 6 nitrogen and oxygen atoms in total. The summed E-state index contributed by atoms with van der Waals surface area (Å²) in [6.07, 6.45) is -4.47. The number of hydrazine groups is 1. The van der Waals surface area contributed by atoms with Gasteiger partial charge < -0.3 is 4.52 Å². The van der Waals surface area contributed by atoms with Gasteiger partial charge in [0.25, 0.3) is 0 Å². The number of carbonyl (C=O) groups excluding carboxylic acids is 1. The summed E-state index contributed by atoms with van der Waals surface area (Å²) in [6.45, 7) is 0. The highest BCUT2D eigenvalue weighted by Gasteiger charge is 2.30. The van der Waals surface area contributed by atoms with E-state index in [9.17, 15) is 18.0 Å². The van der Waals surface area contributed by atoms with Crippen molar-refractivity contribution in [1.29, 1.82) is 0 Å². The summed E-state index contributed by atoms with van der Waals surface area (Å²) < 4.78 is 42.1. The van der Waals surface area contributed by atoms with Gasteiger partial charge in [-0.25, -0.2) is 5.84 Å². The van der Waals surface area contributed by atoms with Crippen LogP contribution in [0.3, 0.4) is 0 Å². The topological polar surface area (TPSA) is 94.0 Å². The lowest BCUT2D eigenvalue weighted by Crippen LogP contribution is -2.30. The summed E-state index contributed by atoms with van der Waals surface area (Å²) in [5.74, 6) is 3.46. The van der Waals surface area contributed by atoms with E-state index in [1.807, 2.05) is 0 Å². The minimum absolute atomic E-state index is 0.0784. The van der Waals surface area contributed by atoms with Gasteiger partial charge in [-0.3, -0.25) is 10.2 Å². The van der Waals surface area contributed by atoms with Gasteiger partial charge >= 0.3 is 18.0 Å². The molecule has 9 heteroatoms. The van der Waals surface area contributed by atoms with Crippen molar-refractivity contribution >= 4 is 5.91 Å². The number of nitrogen functional groups attached to an aromatic ring is 1. The molecular formula is C10H7F3N4O2. The largest absolute Gasteiger partial charge is 0.416 e. The second-order valence-electron chi connectivity index (χ2n) is 3.48. The molecule has 0 aliphatic heterocycles. The summed E-state index contributed by atoms with van der Waals surface area (Å²) in [5, 5.41) is 3.41. The second-order valence-corrected chi connectivity index (χ2v) is 3.48. The number of nitrogens with zero attached hydrogens (tertiary/aromatic N) is 2. The van der Waals surface area contributed by atoms with Crippen molar-refractivity contribution in [3.8, 4) is 11.4 Å². The number of amides is 1. The van der Waals surface area contributed by atoms with E-state index in [0.717, 1.165) is 12.1 Å². The molecule has 0 saturated heterocycles.